The maximum absolute atomic E-state index is 6.10. The van der Waals surface area contributed by atoms with Crippen LogP contribution in [0.5, 0.6) is 0 Å². The standard InChI is InChI=1S/C17H26O3/c1-11(2)6-7-13-16(4,20-13)15-14(18-5)12(3)8-9-17(15)10-19-17/h6,13-15H,3,7-10H2,1-2,4-5H3/t13-,14-,15-,16?,17+/m1/s1. The van der Waals surface area contributed by atoms with Crippen LogP contribution >= 0.6 is 0 Å². The van der Waals surface area contributed by atoms with Crippen molar-refractivity contribution in [2.45, 2.75) is 63.4 Å². The summed E-state index contributed by atoms with van der Waals surface area (Å²) in [5.41, 5.74) is 2.39. The van der Waals surface area contributed by atoms with Crippen molar-refractivity contribution in [3.63, 3.8) is 0 Å². The molecule has 3 aliphatic rings. The van der Waals surface area contributed by atoms with E-state index in [0.29, 0.717) is 0 Å². The summed E-state index contributed by atoms with van der Waals surface area (Å²) >= 11 is 0. The third kappa shape index (κ3) is 2.16. The van der Waals surface area contributed by atoms with Crippen molar-refractivity contribution in [2.24, 2.45) is 5.92 Å². The Morgan fingerprint density at radius 3 is 2.75 bits per heavy atom. The van der Waals surface area contributed by atoms with E-state index in [-0.39, 0.29) is 29.3 Å². The lowest BCUT2D eigenvalue weighted by Crippen LogP contribution is -2.49. The first-order valence-corrected chi connectivity index (χ1v) is 7.58. The van der Waals surface area contributed by atoms with Gasteiger partial charge < -0.3 is 14.2 Å². The third-order valence-corrected chi connectivity index (χ3v) is 5.25. The average Bonchev–Trinajstić information content (AvgIpc) is 3.29. The number of hydrogen-bond acceptors (Lipinski definition) is 3. The lowest BCUT2D eigenvalue weighted by Gasteiger charge is -2.39. The zero-order valence-electron chi connectivity index (χ0n) is 13.1. The first-order valence-electron chi connectivity index (χ1n) is 7.58. The van der Waals surface area contributed by atoms with E-state index in [0.717, 1.165) is 25.9 Å². The Hall–Kier alpha value is -0.640. The molecule has 20 heavy (non-hydrogen) atoms. The van der Waals surface area contributed by atoms with Crippen LogP contribution in [0.25, 0.3) is 0 Å². The Morgan fingerprint density at radius 2 is 2.20 bits per heavy atom. The molecule has 112 valence electrons. The van der Waals surface area contributed by atoms with Crippen molar-refractivity contribution in [3.05, 3.63) is 23.8 Å². The quantitative estimate of drug-likeness (QED) is 0.585. The summed E-state index contributed by atoms with van der Waals surface area (Å²) in [6.45, 7) is 11.5. The van der Waals surface area contributed by atoms with Gasteiger partial charge in [-0.1, -0.05) is 18.2 Å². The summed E-state index contributed by atoms with van der Waals surface area (Å²) in [5, 5.41) is 0. The van der Waals surface area contributed by atoms with Crippen LogP contribution in [0.1, 0.15) is 40.0 Å². The highest BCUT2D eigenvalue weighted by atomic mass is 16.6. The van der Waals surface area contributed by atoms with E-state index in [1.807, 2.05) is 0 Å². The van der Waals surface area contributed by atoms with Crippen molar-refractivity contribution in [3.8, 4) is 0 Å². The minimum atomic E-state index is -0.132. The predicted molar refractivity (Wildman–Crippen MR) is 78.7 cm³/mol. The summed E-state index contributed by atoms with van der Waals surface area (Å²) in [4.78, 5) is 0. The molecule has 2 aliphatic heterocycles. The van der Waals surface area contributed by atoms with Gasteiger partial charge >= 0.3 is 0 Å². The molecular formula is C17H26O3. The Labute approximate surface area is 122 Å². The van der Waals surface area contributed by atoms with Crippen LogP contribution in [0.15, 0.2) is 23.8 Å². The maximum atomic E-state index is 6.10. The number of rotatable bonds is 4. The van der Waals surface area contributed by atoms with Gasteiger partial charge in [0.05, 0.1) is 24.7 Å². The number of hydrogen-bond donors (Lipinski definition) is 0. The molecule has 5 atom stereocenters. The Morgan fingerprint density at radius 1 is 1.50 bits per heavy atom. The van der Waals surface area contributed by atoms with Gasteiger partial charge in [0.25, 0.3) is 0 Å². The molecule has 0 amide bonds. The molecule has 1 spiro atoms. The minimum Gasteiger partial charge on any atom is -0.377 e. The molecule has 0 N–H and O–H groups in total. The highest BCUT2D eigenvalue weighted by Crippen LogP contribution is 2.59. The second-order valence-corrected chi connectivity index (χ2v) is 6.95. The molecule has 2 saturated heterocycles. The molecule has 0 radical (unpaired) electrons. The molecule has 2 heterocycles. The maximum Gasteiger partial charge on any atom is 0.101 e. The highest BCUT2D eigenvalue weighted by Gasteiger charge is 2.70. The van der Waals surface area contributed by atoms with Crippen LogP contribution in [-0.4, -0.2) is 37.1 Å². The topological polar surface area (TPSA) is 34.3 Å². The van der Waals surface area contributed by atoms with Crippen LogP contribution < -0.4 is 0 Å². The van der Waals surface area contributed by atoms with Crippen molar-refractivity contribution < 1.29 is 14.2 Å². The summed E-state index contributed by atoms with van der Waals surface area (Å²) in [7, 11) is 1.78. The van der Waals surface area contributed by atoms with Crippen molar-refractivity contribution >= 4 is 0 Å². The monoisotopic (exact) mass is 278 g/mol. The van der Waals surface area contributed by atoms with Gasteiger partial charge in [-0.15, -0.1) is 0 Å². The molecule has 3 fully saturated rings. The fraction of sp³-hybridized carbons (Fsp3) is 0.765. The smallest absolute Gasteiger partial charge is 0.101 e. The van der Waals surface area contributed by atoms with Gasteiger partial charge in [-0.25, -0.2) is 0 Å². The van der Waals surface area contributed by atoms with Gasteiger partial charge in [0, 0.05) is 7.11 Å². The minimum absolute atomic E-state index is 0.0175. The number of methoxy groups -OCH3 is 1. The SMILES string of the molecule is C=C1CC[C@]2(CO2)[C@@H](C2(C)O[C@@H]2CC=C(C)C)[C@@H]1OC. The first kappa shape index (κ1) is 14.3. The van der Waals surface area contributed by atoms with E-state index in [4.69, 9.17) is 14.2 Å². The first-order chi connectivity index (χ1) is 9.43. The van der Waals surface area contributed by atoms with Crippen LogP contribution in [0.2, 0.25) is 0 Å². The van der Waals surface area contributed by atoms with E-state index >= 15 is 0 Å². The van der Waals surface area contributed by atoms with Gasteiger partial charge in [0.15, 0.2) is 0 Å². The normalized spacial score (nSPS) is 46.4. The van der Waals surface area contributed by atoms with Crippen molar-refractivity contribution in [1.29, 1.82) is 0 Å². The zero-order chi connectivity index (χ0) is 14.5. The van der Waals surface area contributed by atoms with Crippen LogP contribution in [0, 0.1) is 5.92 Å². The number of allylic oxidation sites excluding steroid dienone is 1. The summed E-state index contributed by atoms with van der Waals surface area (Å²) in [6, 6.07) is 0. The predicted octanol–water partition coefficient (Wildman–Crippen LogP) is 3.25. The Balaban J connectivity index is 1.80. The van der Waals surface area contributed by atoms with Crippen LogP contribution in [-0.2, 0) is 14.2 Å². The van der Waals surface area contributed by atoms with Crippen molar-refractivity contribution in [2.75, 3.05) is 13.7 Å². The van der Waals surface area contributed by atoms with Gasteiger partial charge in [0.2, 0.25) is 0 Å². The molecule has 1 unspecified atom stereocenters. The lowest BCUT2D eigenvalue weighted by atomic mass is 9.68. The number of ether oxygens (including phenoxy) is 3. The van der Waals surface area contributed by atoms with E-state index in [9.17, 15) is 0 Å². The Bertz CT molecular complexity index is 445. The highest BCUT2D eigenvalue weighted by molar-refractivity contribution is 5.26. The van der Waals surface area contributed by atoms with E-state index < -0.39 is 0 Å². The Kier molecular flexibility index (Phi) is 3.35. The van der Waals surface area contributed by atoms with Crippen molar-refractivity contribution in [1.82, 2.24) is 0 Å². The molecule has 0 bridgehead atoms. The molecule has 3 nitrogen and oxygen atoms in total. The molecular weight excluding hydrogens is 252 g/mol. The average molecular weight is 278 g/mol. The lowest BCUT2D eigenvalue weighted by molar-refractivity contribution is -0.0198. The molecule has 1 saturated carbocycles. The fourth-order valence-corrected chi connectivity index (χ4v) is 3.89. The molecule has 0 aromatic rings. The molecule has 0 aromatic heterocycles. The summed E-state index contributed by atoms with van der Waals surface area (Å²) in [5.74, 6) is 0.275. The van der Waals surface area contributed by atoms with Gasteiger partial charge in [-0.2, -0.15) is 0 Å². The van der Waals surface area contributed by atoms with E-state index in [1.54, 1.807) is 7.11 Å². The largest absolute Gasteiger partial charge is 0.377 e. The second-order valence-electron chi connectivity index (χ2n) is 6.95. The van der Waals surface area contributed by atoms with E-state index in [1.165, 1.54) is 11.1 Å². The molecule has 0 aromatic carbocycles. The molecule has 3 rings (SSSR count). The third-order valence-electron chi connectivity index (χ3n) is 5.25. The van der Waals surface area contributed by atoms with Gasteiger partial charge in [-0.05, 0) is 45.6 Å². The zero-order valence-corrected chi connectivity index (χ0v) is 13.1. The number of epoxide rings is 2. The van der Waals surface area contributed by atoms with E-state index in [2.05, 4.69) is 33.4 Å². The van der Waals surface area contributed by atoms with Crippen LogP contribution in [0.3, 0.4) is 0 Å². The summed E-state index contributed by atoms with van der Waals surface area (Å²) in [6.07, 6.45) is 5.65. The van der Waals surface area contributed by atoms with Gasteiger partial charge in [0.1, 0.15) is 11.2 Å². The van der Waals surface area contributed by atoms with Crippen LogP contribution in [0.4, 0.5) is 0 Å². The van der Waals surface area contributed by atoms with Gasteiger partial charge in [-0.3, -0.25) is 0 Å². The summed E-state index contributed by atoms with van der Waals surface area (Å²) < 4.78 is 17.7. The molecule has 1 aliphatic carbocycles. The fourth-order valence-electron chi connectivity index (χ4n) is 3.89. The molecule has 3 heteroatoms. The second kappa shape index (κ2) is 4.69.